The second-order valence-electron chi connectivity index (χ2n) is 7.29. The molecule has 0 aliphatic rings. The number of hydrogen-bond donors (Lipinski definition) is 2. The van der Waals surface area contributed by atoms with Crippen molar-refractivity contribution in [1.29, 1.82) is 0 Å². The number of hydrazone groups is 1. The number of nitrogens with one attached hydrogen (secondary N) is 2. The second-order valence-corrected chi connectivity index (χ2v) is 7.29. The molecule has 0 saturated carbocycles. The van der Waals surface area contributed by atoms with Gasteiger partial charge in [0.2, 0.25) is 0 Å². The van der Waals surface area contributed by atoms with Crippen molar-refractivity contribution in [3.05, 3.63) is 70.9 Å². The van der Waals surface area contributed by atoms with Crippen molar-refractivity contribution in [3.63, 3.8) is 0 Å². The van der Waals surface area contributed by atoms with E-state index >= 15 is 0 Å². The van der Waals surface area contributed by atoms with E-state index in [-0.39, 0.29) is 5.91 Å². The van der Waals surface area contributed by atoms with Crippen LogP contribution in [0.5, 0.6) is 5.75 Å². The van der Waals surface area contributed by atoms with Gasteiger partial charge in [0.1, 0.15) is 11.4 Å². The summed E-state index contributed by atoms with van der Waals surface area (Å²) in [5, 5.41) is 11.0. The molecule has 1 aromatic heterocycles. The summed E-state index contributed by atoms with van der Waals surface area (Å²) in [5.41, 5.74) is 7.85. The average molecular weight is 405 g/mol. The molecule has 1 amide bonds. The van der Waals surface area contributed by atoms with Crippen molar-refractivity contribution in [2.45, 2.75) is 40.0 Å². The van der Waals surface area contributed by atoms with Crippen molar-refractivity contribution < 1.29 is 9.53 Å². The lowest BCUT2D eigenvalue weighted by atomic mass is 10.0. The summed E-state index contributed by atoms with van der Waals surface area (Å²) in [5.74, 6) is 0.494. The maximum absolute atomic E-state index is 12.3. The number of carbonyl (C=O) groups is 1. The molecule has 0 fully saturated rings. The Morgan fingerprint density at radius 1 is 1.10 bits per heavy atom. The lowest BCUT2D eigenvalue weighted by Gasteiger charge is -2.05. The lowest BCUT2D eigenvalue weighted by molar-refractivity contribution is 0.0950. The Balaban J connectivity index is 1.53. The van der Waals surface area contributed by atoms with Gasteiger partial charge in [-0.2, -0.15) is 10.2 Å². The van der Waals surface area contributed by atoms with Crippen molar-refractivity contribution in [2.24, 2.45) is 5.10 Å². The molecule has 1 heterocycles. The number of carbonyl (C=O) groups excluding carboxylic acids is 1. The smallest absolute Gasteiger partial charge is 0.289 e. The fourth-order valence-electron chi connectivity index (χ4n) is 2.90. The van der Waals surface area contributed by atoms with Crippen LogP contribution in [-0.4, -0.2) is 28.9 Å². The first-order valence-corrected chi connectivity index (χ1v) is 10.3. The maximum Gasteiger partial charge on any atom is 0.289 e. The molecule has 0 bridgehead atoms. The molecule has 2 aromatic carbocycles. The highest BCUT2D eigenvalue weighted by atomic mass is 16.5. The van der Waals surface area contributed by atoms with Crippen LogP contribution in [0, 0.1) is 13.8 Å². The number of aromatic nitrogens is 2. The number of hydrogen-bond acceptors (Lipinski definition) is 4. The molecule has 30 heavy (non-hydrogen) atoms. The van der Waals surface area contributed by atoms with E-state index in [9.17, 15) is 4.79 Å². The van der Waals surface area contributed by atoms with E-state index in [4.69, 9.17) is 4.74 Å². The van der Waals surface area contributed by atoms with Gasteiger partial charge in [0.15, 0.2) is 0 Å². The number of aryl methyl sites for hydroxylation is 2. The molecule has 2 N–H and O–H groups in total. The quantitative estimate of drug-likeness (QED) is 0.298. The van der Waals surface area contributed by atoms with Crippen LogP contribution >= 0.6 is 0 Å². The van der Waals surface area contributed by atoms with Crippen LogP contribution < -0.4 is 10.2 Å². The van der Waals surface area contributed by atoms with E-state index in [0.717, 1.165) is 35.6 Å². The Labute approximate surface area is 177 Å². The standard InChI is InChI=1S/C24H28N4O2/c1-4-5-6-13-30-21-11-8-19(9-12-21)16-25-28-24(29)23-15-22(26-27-23)20-10-7-17(2)18(3)14-20/h7-12,14-16H,4-6,13H2,1-3H3,(H,26,27)(H,28,29). The van der Waals surface area contributed by atoms with Crippen LogP contribution in [0.25, 0.3) is 11.3 Å². The molecule has 0 atom stereocenters. The fourth-order valence-corrected chi connectivity index (χ4v) is 2.90. The summed E-state index contributed by atoms with van der Waals surface area (Å²) in [7, 11) is 0. The molecule has 156 valence electrons. The largest absolute Gasteiger partial charge is 0.494 e. The summed E-state index contributed by atoms with van der Waals surface area (Å²) >= 11 is 0. The number of rotatable bonds is 9. The monoisotopic (exact) mass is 404 g/mol. The van der Waals surface area contributed by atoms with Crippen molar-refractivity contribution in [3.8, 4) is 17.0 Å². The molecular formula is C24H28N4O2. The van der Waals surface area contributed by atoms with E-state index in [0.29, 0.717) is 5.69 Å². The first kappa shape index (κ1) is 21.3. The van der Waals surface area contributed by atoms with Crippen LogP contribution in [0.2, 0.25) is 0 Å². The Kier molecular flexibility index (Phi) is 7.38. The third kappa shape index (κ3) is 5.80. The van der Waals surface area contributed by atoms with Gasteiger partial charge in [0, 0.05) is 5.56 Å². The first-order valence-electron chi connectivity index (χ1n) is 10.3. The van der Waals surface area contributed by atoms with Crippen LogP contribution in [0.1, 0.15) is 53.4 Å². The highest BCUT2D eigenvalue weighted by Gasteiger charge is 2.10. The molecule has 0 aliphatic heterocycles. The van der Waals surface area contributed by atoms with Gasteiger partial charge in [-0.3, -0.25) is 9.89 Å². The summed E-state index contributed by atoms with van der Waals surface area (Å²) in [6, 6.07) is 15.4. The summed E-state index contributed by atoms with van der Waals surface area (Å²) in [6.45, 7) is 7.02. The van der Waals surface area contributed by atoms with Gasteiger partial charge in [0.25, 0.3) is 5.91 Å². The molecule has 6 nitrogen and oxygen atoms in total. The van der Waals surface area contributed by atoms with Gasteiger partial charge in [0.05, 0.1) is 18.5 Å². The summed E-state index contributed by atoms with van der Waals surface area (Å²) in [6.07, 6.45) is 5.01. The fraction of sp³-hybridized carbons (Fsp3) is 0.292. The third-order valence-corrected chi connectivity index (χ3v) is 4.90. The van der Waals surface area contributed by atoms with E-state index in [1.165, 1.54) is 24.0 Å². The SMILES string of the molecule is CCCCCOc1ccc(C=NNC(=O)c2cc(-c3ccc(C)c(C)c3)n[nH]2)cc1. The molecule has 0 saturated heterocycles. The van der Waals surface area contributed by atoms with Gasteiger partial charge in [-0.05, 0) is 73.4 Å². The first-order chi connectivity index (χ1) is 14.6. The number of ether oxygens (including phenoxy) is 1. The van der Waals surface area contributed by atoms with Gasteiger partial charge >= 0.3 is 0 Å². The van der Waals surface area contributed by atoms with Gasteiger partial charge in [-0.25, -0.2) is 5.43 Å². The summed E-state index contributed by atoms with van der Waals surface area (Å²) in [4.78, 5) is 12.3. The number of amides is 1. The lowest BCUT2D eigenvalue weighted by Crippen LogP contribution is -2.17. The zero-order valence-electron chi connectivity index (χ0n) is 17.7. The number of H-pyrrole nitrogens is 1. The molecule has 0 spiro atoms. The highest BCUT2D eigenvalue weighted by Crippen LogP contribution is 2.21. The van der Waals surface area contributed by atoms with E-state index in [1.54, 1.807) is 12.3 Å². The molecule has 0 aliphatic carbocycles. The van der Waals surface area contributed by atoms with Crippen LogP contribution in [-0.2, 0) is 0 Å². The van der Waals surface area contributed by atoms with E-state index in [1.807, 2.05) is 36.4 Å². The zero-order valence-corrected chi connectivity index (χ0v) is 17.7. The molecule has 6 heteroatoms. The molecule has 3 rings (SSSR count). The number of aromatic amines is 1. The van der Waals surface area contributed by atoms with Gasteiger partial charge < -0.3 is 4.74 Å². The number of nitrogens with zero attached hydrogens (tertiary/aromatic N) is 2. The Morgan fingerprint density at radius 3 is 2.63 bits per heavy atom. The molecule has 0 unspecified atom stereocenters. The summed E-state index contributed by atoms with van der Waals surface area (Å²) < 4.78 is 5.69. The van der Waals surface area contributed by atoms with Crippen LogP contribution in [0.4, 0.5) is 0 Å². The molecule has 3 aromatic rings. The van der Waals surface area contributed by atoms with Crippen LogP contribution in [0.15, 0.2) is 53.6 Å². The van der Waals surface area contributed by atoms with Crippen LogP contribution in [0.3, 0.4) is 0 Å². The second kappa shape index (κ2) is 10.4. The van der Waals surface area contributed by atoms with Crippen molar-refractivity contribution in [1.82, 2.24) is 15.6 Å². The van der Waals surface area contributed by atoms with E-state index in [2.05, 4.69) is 47.6 Å². The topological polar surface area (TPSA) is 79.4 Å². The minimum Gasteiger partial charge on any atom is -0.494 e. The molecular weight excluding hydrogens is 376 g/mol. The third-order valence-electron chi connectivity index (χ3n) is 4.90. The van der Waals surface area contributed by atoms with Crippen molar-refractivity contribution >= 4 is 12.1 Å². The minimum absolute atomic E-state index is 0.343. The minimum atomic E-state index is -0.343. The predicted octanol–water partition coefficient (Wildman–Crippen LogP) is 5.03. The van der Waals surface area contributed by atoms with Gasteiger partial charge in [-0.1, -0.05) is 31.9 Å². The zero-order chi connectivity index (χ0) is 21.3. The highest BCUT2D eigenvalue weighted by molar-refractivity contribution is 5.94. The number of unbranched alkanes of at least 4 members (excludes halogenated alkanes) is 2. The Hall–Kier alpha value is -3.41. The van der Waals surface area contributed by atoms with Gasteiger partial charge in [-0.15, -0.1) is 0 Å². The Bertz CT molecular complexity index is 1010. The average Bonchev–Trinajstić information content (AvgIpc) is 3.25. The van der Waals surface area contributed by atoms with Crippen molar-refractivity contribution in [2.75, 3.05) is 6.61 Å². The number of benzene rings is 2. The predicted molar refractivity (Wildman–Crippen MR) is 120 cm³/mol. The van der Waals surface area contributed by atoms with E-state index < -0.39 is 0 Å². The Morgan fingerprint density at radius 2 is 1.90 bits per heavy atom. The molecule has 0 radical (unpaired) electrons. The normalized spacial score (nSPS) is 11.0. The maximum atomic E-state index is 12.3.